The van der Waals surface area contributed by atoms with Crippen LogP contribution in [0.15, 0.2) is 57.3 Å². The average molecular weight is 455 g/mol. The van der Waals surface area contributed by atoms with E-state index in [4.69, 9.17) is 9.66 Å². The third-order valence-electron chi connectivity index (χ3n) is 5.09. The molecule has 10 heteroatoms. The number of rotatable bonds is 6. The molecular weight excluding hydrogens is 436 g/mol. The minimum atomic E-state index is -3.76. The Labute approximate surface area is 182 Å². The number of benzene rings is 1. The van der Waals surface area contributed by atoms with Crippen LogP contribution in [0.3, 0.4) is 0 Å². The Hall–Kier alpha value is -3.08. The molecule has 3 N–H and O–H groups in total. The van der Waals surface area contributed by atoms with E-state index in [9.17, 15) is 13.2 Å². The Morgan fingerprint density at radius 3 is 2.65 bits per heavy atom. The molecule has 1 aliphatic carbocycles. The molecule has 5 rings (SSSR count). The number of carbonyl (C=O) groups excluding carboxylic acids is 1. The quantitative estimate of drug-likeness (QED) is 0.459. The highest BCUT2D eigenvalue weighted by Gasteiger charge is 2.29. The zero-order valence-corrected chi connectivity index (χ0v) is 17.9. The molecule has 0 aliphatic heterocycles. The molecule has 1 fully saturated rings. The third kappa shape index (κ3) is 3.97. The summed E-state index contributed by atoms with van der Waals surface area (Å²) in [5.74, 6) is 0.0241. The molecule has 3 heterocycles. The highest BCUT2D eigenvalue weighted by Crippen LogP contribution is 2.41. The van der Waals surface area contributed by atoms with Crippen LogP contribution in [-0.2, 0) is 16.6 Å². The Kier molecular flexibility index (Phi) is 4.84. The van der Waals surface area contributed by atoms with E-state index in [1.807, 2.05) is 36.4 Å². The van der Waals surface area contributed by atoms with Gasteiger partial charge in [-0.3, -0.25) is 4.79 Å². The summed E-state index contributed by atoms with van der Waals surface area (Å²) >= 11 is 1.03. The van der Waals surface area contributed by atoms with E-state index in [-0.39, 0.29) is 16.7 Å². The largest absolute Gasteiger partial charge is 0.347 e. The number of amides is 1. The molecule has 0 bridgehead atoms. The van der Waals surface area contributed by atoms with E-state index < -0.39 is 10.0 Å². The first kappa shape index (κ1) is 19.9. The number of sulfonamides is 1. The lowest BCUT2D eigenvalue weighted by atomic mass is 10.0. The molecule has 0 atom stereocenters. The van der Waals surface area contributed by atoms with Gasteiger partial charge in [-0.15, -0.1) is 11.3 Å². The zero-order chi connectivity index (χ0) is 21.6. The molecule has 8 nitrogen and oxygen atoms in total. The molecule has 0 spiro atoms. The Morgan fingerprint density at radius 2 is 1.97 bits per heavy atom. The molecule has 0 unspecified atom stereocenters. The maximum absolute atomic E-state index is 13.2. The van der Waals surface area contributed by atoms with E-state index in [0.29, 0.717) is 33.2 Å². The monoisotopic (exact) mass is 454 g/mol. The van der Waals surface area contributed by atoms with Crippen LogP contribution in [-0.4, -0.2) is 24.5 Å². The maximum atomic E-state index is 13.2. The van der Waals surface area contributed by atoms with Crippen molar-refractivity contribution in [2.24, 2.45) is 5.14 Å². The highest BCUT2D eigenvalue weighted by atomic mass is 32.2. The highest BCUT2D eigenvalue weighted by molar-refractivity contribution is 7.91. The van der Waals surface area contributed by atoms with Gasteiger partial charge in [0, 0.05) is 22.1 Å². The fourth-order valence-electron chi connectivity index (χ4n) is 3.40. The zero-order valence-electron chi connectivity index (χ0n) is 16.2. The molecule has 3 aromatic heterocycles. The number of pyridine rings is 1. The van der Waals surface area contributed by atoms with E-state index in [1.165, 1.54) is 6.07 Å². The molecule has 4 aromatic rings. The summed E-state index contributed by atoms with van der Waals surface area (Å²) in [6.07, 6.45) is 2.07. The summed E-state index contributed by atoms with van der Waals surface area (Å²) in [4.78, 5) is 18.4. The normalized spacial score (nSPS) is 14.1. The predicted molar refractivity (Wildman–Crippen MR) is 116 cm³/mol. The number of nitrogens with zero attached hydrogens (tertiary/aromatic N) is 2. The van der Waals surface area contributed by atoms with Gasteiger partial charge >= 0.3 is 0 Å². The van der Waals surface area contributed by atoms with Gasteiger partial charge in [0.15, 0.2) is 0 Å². The van der Waals surface area contributed by atoms with Crippen LogP contribution >= 0.6 is 11.3 Å². The fraction of sp³-hybridized carbons (Fsp3) is 0.190. The van der Waals surface area contributed by atoms with Gasteiger partial charge in [0.2, 0.25) is 10.0 Å². The van der Waals surface area contributed by atoms with Gasteiger partial charge in [0.05, 0.1) is 17.5 Å². The van der Waals surface area contributed by atoms with Gasteiger partial charge in [0.1, 0.15) is 9.90 Å². The first-order valence-electron chi connectivity index (χ1n) is 9.65. The van der Waals surface area contributed by atoms with Crippen molar-refractivity contribution in [3.63, 3.8) is 0 Å². The number of hydrogen-bond donors (Lipinski definition) is 2. The number of aromatic nitrogens is 2. The summed E-state index contributed by atoms with van der Waals surface area (Å²) in [5.41, 5.74) is 2.98. The van der Waals surface area contributed by atoms with Gasteiger partial charge in [-0.1, -0.05) is 35.5 Å². The number of primary sulfonamides is 1. The minimum Gasteiger partial charge on any atom is -0.347 e. The van der Waals surface area contributed by atoms with Crippen LogP contribution in [0.25, 0.3) is 22.4 Å². The van der Waals surface area contributed by atoms with Gasteiger partial charge in [-0.2, -0.15) is 0 Å². The molecule has 158 valence electrons. The van der Waals surface area contributed by atoms with Crippen molar-refractivity contribution in [3.8, 4) is 11.3 Å². The van der Waals surface area contributed by atoms with E-state index in [2.05, 4.69) is 15.5 Å². The van der Waals surface area contributed by atoms with E-state index in [1.54, 1.807) is 6.07 Å². The molecule has 1 aliphatic rings. The topological polar surface area (TPSA) is 128 Å². The second-order valence-electron chi connectivity index (χ2n) is 7.39. The lowest BCUT2D eigenvalue weighted by Crippen LogP contribution is -2.23. The van der Waals surface area contributed by atoms with Crippen molar-refractivity contribution in [2.45, 2.75) is 29.5 Å². The van der Waals surface area contributed by atoms with Crippen LogP contribution < -0.4 is 10.5 Å². The first-order chi connectivity index (χ1) is 14.9. The predicted octanol–water partition coefficient (Wildman–Crippen LogP) is 3.41. The summed E-state index contributed by atoms with van der Waals surface area (Å²) in [6, 6.07) is 14.4. The lowest BCUT2D eigenvalue weighted by Gasteiger charge is -2.08. The molecule has 1 saturated carbocycles. The first-order valence-corrected chi connectivity index (χ1v) is 12.0. The molecule has 31 heavy (non-hydrogen) atoms. The number of fused-ring (bicyclic) bond motifs is 1. The number of nitrogens with one attached hydrogen (secondary N) is 1. The van der Waals surface area contributed by atoms with Crippen LogP contribution in [0.1, 0.15) is 39.7 Å². The lowest BCUT2D eigenvalue weighted by molar-refractivity contribution is 0.0952. The minimum absolute atomic E-state index is 0.0597. The van der Waals surface area contributed by atoms with Crippen molar-refractivity contribution in [3.05, 3.63) is 64.7 Å². The summed E-state index contributed by atoms with van der Waals surface area (Å²) in [7, 11) is -3.76. The standard InChI is InChI=1S/C21H18N4O4S2/c22-31(27,28)17-9-8-14(30-17)11-23-20(26)15-10-16(12-6-7-12)24-21-18(15)19(25-29-21)13-4-2-1-3-5-13/h1-5,8-10,12H,6-7,11H2,(H,23,26)(H2,22,27,28). The van der Waals surface area contributed by atoms with Crippen molar-refractivity contribution in [2.75, 3.05) is 0 Å². The van der Waals surface area contributed by atoms with Gasteiger partial charge < -0.3 is 9.84 Å². The van der Waals surface area contributed by atoms with Gasteiger partial charge in [0.25, 0.3) is 11.6 Å². The van der Waals surface area contributed by atoms with E-state index >= 15 is 0 Å². The fourth-order valence-corrected chi connectivity index (χ4v) is 5.12. The molecular formula is C21H18N4O4S2. The maximum Gasteiger partial charge on any atom is 0.259 e. The Balaban J connectivity index is 1.50. The van der Waals surface area contributed by atoms with Crippen molar-refractivity contribution in [1.82, 2.24) is 15.5 Å². The average Bonchev–Trinajstić information content (AvgIpc) is 3.33. The SMILES string of the molecule is NS(=O)(=O)c1ccc(CNC(=O)c2cc(C3CC3)nc3onc(-c4ccccc4)c23)s1. The summed E-state index contributed by atoms with van der Waals surface area (Å²) in [6.45, 7) is 0.174. The summed E-state index contributed by atoms with van der Waals surface area (Å²) in [5, 5.41) is 12.8. The van der Waals surface area contributed by atoms with Crippen LogP contribution in [0.4, 0.5) is 0 Å². The number of hydrogen-bond acceptors (Lipinski definition) is 7. The second kappa shape index (κ2) is 7.56. The number of nitrogens with two attached hydrogens (primary N) is 1. The number of thiophene rings is 1. The van der Waals surface area contributed by atoms with Gasteiger partial charge in [-0.25, -0.2) is 18.5 Å². The smallest absolute Gasteiger partial charge is 0.259 e. The van der Waals surface area contributed by atoms with Crippen LogP contribution in [0.2, 0.25) is 0 Å². The summed E-state index contributed by atoms with van der Waals surface area (Å²) < 4.78 is 28.5. The van der Waals surface area contributed by atoms with E-state index in [0.717, 1.165) is 35.4 Å². The van der Waals surface area contributed by atoms with Crippen molar-refractivity contribution in [1.29, 1.82) is 0 Å². The Bertz CT molecular complexity index is 1390. The molecule has 0 saturated heterocycles. The number of carbonyl (C=O) groups is 1. The molecule has 1 aromatic carbocycles. The molecule has 1 amide bonds. The third-order valence-corrected chi connectivity index (χ3v) is 7.62. The second-order valence-corrected chi connectivity index (χ2v) is 10.4. The van der Waals surface area contributed by atoms with Crippen LogP contribution in [0, 0.1) is 0 Å². The van der Waals surface area contributed by atoms with Crippen molar-refractivity contribution < 1.29 is 17.7 Å². The molecule has 0 radical (unpaired) electrons. The van der Waals surface area contributed by atoms with Crippen LogP contribution in [0.5, 0.6) is 0 Å². The Morgan fingerprint density at radius 1 is 1.19 bits per heavy atom. The van der Waals surface area contributed by atoms with Gasteiger partial charge in [-0.05, 0) is 31.0 Å². The van der Waals surface area contributed by atoms with Crippen molar-refractivity contribution >= 4 is 38.4 Å².